The van der Waals surface area contributed by atoms with Gasteiger partial charge in [0.15, 0.2) is 0 Å². The second kappa shape index (κ2) is 7.97. The Kier molecular flexibility index (Phi) is 5.97. The Labute approximate surface area is 148 Å². The molecular formula is C19H20N2O3S. The van der Waals surface area contributed by atoms with Crippen molar-refractivity contribution in [3.05, 3.63) is 72.3 Å². The minimum absolute atomic E-state index is 0.150. The average molecular weight is 356 g/mol. The summed E-state index contributed by atoms with van der Waals surface area (Å²) in [4.78, 5) is 0.150. The van der Waals surface area contributed by atoms with E-state index in [4.69, 9.17) is 4.74 Å². The molecule has 1 N–H and O–H groups in total. The summed E-state index contributed by atoms with van der Waals surface area (Å²) in [5.41, 5.74) is 1.62. The van der Waals surface area contributed by atoms with E-state index in [9.17, 15) is 13.7 Å². The summed E-state index contributed by atoms with van der Waals surface area (Å²) in [6, 6.07) is 14.8. The fraction of sp³-hybridized carbons (Fsp3) is 0.211. The number of benzene rings is 2. The topological polar surface area (TPSA) is 79.2 Å². The summed E-state index contributed by atoms with van der Waals surface area (Å²) in [5.74, 6) is -0.0652. The molecule has 2 atom stereocenters. The molecule has 6 heteroatoms. The van der Waals surface area contributed by atoms with Crippen LogP contribution in [0.1, 0.15) is 17.2 Å². The van der Waals surface area contributed by atoms with E-state index < -0.39 is 22.0 Å². The molecule has 25 heavy (non-hydrogen) atoms. The molecule has 0 spiro atoms. The largest absolute Gasteiger partial charge is 0.497 e. The standard InChI is InChI=1S/C19H20N2O3S/c1-4-15(13-20)19(16-7-9-17(24-3)10-8-16)21-25(22,23)18-11-5-14(2)6-12-18/h4-12,15,19,21H,1H2,2-3H3. The van der Waals surface area contributed by atoms with Crippen molar-refractivity contribution in [2.24, 2.45) is 5.92 Å². The highest BCUT2D eigenvalue weighted by molar-refractivity contribution is 7.89. The van der Waals surface area contributed by atoms with E-state index in [0.717, 1.165) is 5.56 Å². The summed E-state index contributed by atoms with van der Waals surface area (Å²) >= 11 is 0. The number of nitriles is 1. The minimum Gasteiger partial charge on any atom is -0.497 e. The third kappa shape index (κ3) is 4.47. The monoisotopic (exact) mass is 356 g/mol. The van der Waals surface area contributed by atoms with Crippen molar-refractivity contribution in [1.82, 2.24) is 4.72 Å². The number of rotatable bonds is 7. The van der Waals surface area contributed by atoms with Gasteiger partial charge in [-0.25, -0.2) is 13.1 Å². The van der Waals surface area contributed by atoms with Crippen LogP contribution >= 0.6 is 0 Å². The first-order valence-electron chi connectivity index (χ1n) is 7.66. The van der Waals surface area contributed by atoms with Gasteiger partial charge in [-0.15, -0.1) is 6.58 Å². The molecule has 2 rings (SSSR count). The number of ether oxygens (including phenoxy) is 1. The molecule has 0 aromatic heterocycles. The number of nitrogens with zero attached hydrogens (tertiary/aromatic N) is 1. The van der Waals surface area contributed by atoms with Crippen molar-refractivity contribution in [2.45, 2.75) is 17.9 Å². The van der Waals surface area contributed by atoms with E-state index in [0.29, 0.717) is 11.3 Å². The van der Waals surface area contributed by atoms with Crippen LogP contribution in [0.2, 0.25) is 0 Å². The SMILES string of the molecule is C=CC(C#N)C(NS(=O)(=O)c1ccc(C)cc1)c1ccc(OC)cc1. The first-order valence-corrected chi connectivity index (χ1v) is 9.14. The van der Waals surface area contributed by atoms with Crippen LogP contribution in [-0.4, -0.2) is 15.5 Å². The van der Waals surface area contributed by atoms with Crippen LogP contribution in [0, 0.1) is 24.2 Å². The van der Waals surface area contributed by atoms with E-state index in [1.165, 1.54) is 18.2 Å². The first kappa shape index (κ1) is 18.7. The molecule has 2 aromatic carbocycles. The Balaban J connectivity index is 2.40. The molecule has 0 aliphatic carbocycles. The number of hydrogen-bond donors (Lipinski definition) is 1. The number of nitrogens with one attached hydrogen (secondary N) is 1. The summed E-state index contributed by atoms with van der Waals surface area (Å²) < 4.78 is 33.2. The summed E-state index contributed by atoms with van der Waals surface area (Å²) in [6.07, 6.45) is 1.44. The molecule has 0 aliphatic heterocycles. The lowest BCUT2D eigenvalue weighted by atomic mass is 9.95. The molecule has 0 bridgehead atoms. The van der Waals surface area contributed by atoms with Crippen molar-refractivity contribution in [3.63, 3.8) is 0 Å². The van der Waals surface area contributed by atoms with Gasteiger partial charge in [0.1, 0.15) is 5.75 Å². The van der Waals surface area contributed by atoms with Crippen molar-refractivity contribution in [2.75, 3.05) is 7.11 Å². The van der Waals surface area contributed by atoms with Gasteiger partial charge in [-0.2, -0.15) is 5.26 Å². The molecule has 0 aliphatic rings. The Morgan fingerprint density at radius 3 is 2.24 bits per heavy atom. The number of hydrogen-bond acceptors (Lipinski definition) is 4. The van der Waals surface area contributed by atoms with Gasteiger partial charge in [0.05, 0.1) is 30.0 Å². The Morgan fingerprint density at radius 1 is 1.16 bits per heavy atom. The number of methoxy groups -OCH3 is 1. The van der Waals surface area contributed by atoms with Crippen molar-refractivity contribution >= 4 is 10.0 Å². The Hall–Kier alpha value is -2.62. The van der Waals surface area contributed by atoms with Crippen LogP contribution in [-0.2, 0) is 10.0 Å². The summed E-state index contributed by atoms with van der Waals surface area (Å²) in [5, 5.41) is 9.38. The van der Waals surface area contributed by atoms with Gasteiger partial charge in [-0.1, -0.05) is 35.9 Å². The van der Waals surface area contributed by atoms with Crippen molar-refractivity contribution in [1.29, 1.82) is 5.26 Å². The average Bonchev–Trinajstić information content (AvgIpc) is 2.62. The lowest BCUT2D eigenvalue weighted by molar-refractivity contribution is 0.414. The van der Waals surface area contributed by atoms with Crippen LogP contribution in [0.4, 0.5) is 0 Å². The zero-order valence-electron chi connectivity index (χ0n) is 14.1. The highest BCUT2D eigenvalue weighted by Crippen LogP contribution is 2.27. The van der Waals surface area contributed by atoms with Gasteiger partial charge in [0, 0.05) is 0 Å². The lowest BCUT2D eigenvalue weighted by Gasteiger charge is -2.22. The summed E-state index contributed by atoms with van der Waals surface area (Å²) in [6.45, 7) is 5.53. The van der Waals surface area contributed by atoms with Crippen LogP contribution < -0.4 is 9.46 Å². The minimum atomic E-state index is -3.79. The smallest absolute Gasteiger partial charge is 0.241 e. The van der Waals surface area contributed by atoms with Gasteiger partial charge < -0.3 is 4.74 Å². The zero-order valence-corrected chi connectivity index (χ0v) is 15.0. The molecule has 0 heterocycles. The fourth-order valence-corrected chi connectivity index (χ4v) is 3.62. The predicted molar refractivity (Wildman–Crippen MR) is 96.5 cm³/mol. The maximum absolute atomic E-state index is 12.7. The van der Waals surface area contributed by atoms with E-state index in [1.54, 1.807) is 43.5 Å². The van der Waals surface area contributed by atoms with Gasteiger partial charge in [0.25, 0.3) is 0 Å². The van der Waals surface area contributed by atoms with Gasteiger partial charge in [-0.05, 0) is 36.8 Å². The van der Waals surface area contributed by atoms with Crippen LogP contribution in [0.15, 0.2) is 66.1 Å². The van der Waals surface area contributed by atoms with Crippen molar-refractivity contribution < 1.29 is 13.2 Å². The number of aryl methyl sites for hydroxylation is 1. The third-order valence-corrected chi connectivity index (χ3v) is 5.31. The molecule has 0 radical (unpaired) electrons. The Bertz CT molecular complexity index is 866. The second-order valence-corrected chi connectivity index (χ2v) is 7.29. The van der Waals surface area contributed by atoms with E-state index in [1.807, 2.05) is 6.92 Å². The molecular weight excluding hydrogens is 336 g/mol. The van der Waals surface area contributed by atoms with Crippen LogP contribution in [0.5, 0.6) is 5.75 Å². The lowest BCUT2D eigenvalue weighted by Crippen LogP contribution is -2.32. The maximum Gasteiger partial charge on any atom is 0.241 e. The zero-order chi connectivity index (χ0) is 18.4. The predicted octanol–water partition coefficient (Wildman–Crippen LogP) is 3.35. The van der Waals surface area contributed by atoms with Gasteiger partial charge in [0.2, 0.25) is 10.0 Å². The highest BCUT2D eigenvalue weighted by atomic mass is 32.2. The second-order valence-electron chi connectivity index (χ2n) is 5.58. The molecule has 2 aromatic rings. The fourth-order valence-electron chi connectivity index (χ4n) is 2.38. The highest BCUT2D eigenvalue weighted by Gasteiger charge is 2.27. The van der Waals surface area contributed by atoms with Crippen molar-refractivity contribution in [3.8, 4) is 11.8 Å². The number of sulfonamides is 1. The molecule has 5 nitrogen and oxygen atoms in total. The molecule has 130 valence electrons. The van der Waals surface area contributed by atoms with Crippen LogP contribution in [0.3, 0.4) is 0 Å². The van der Waals surface area contributed by atoms with Gasteiger partial charge >= 0.3 is 0 Å². The Morgan fingerprint density at radius 2 is 1.76 bits per heavy atom. The van der Waals surface area contributed by atoms with E-state index in [-0.39, 0.29) is 4.90 Å². The normalized spacial score (nSPS) is 13.5. The van der Waals surface area contributed by atoms with E-state index >= 15 is 0 Å². The van der Waals surface area contributed by atoms with Crippen LogP contribution in [0.25, 0.3) is 0 Å². The molecule has 0 saturated carbocycles. The summed E-state index contributed by atoms with van der Waals surface area (Å²) in [7, 11) is -2.24. The molecule has 0 saturated heterocycles. The third-order valence-electron chi connectivity index (χ3n) is 3.85. The van der Waals surface area contributed by atoms with Gasteiger partial charge in [-0.3, -0.25) is 0 Å². The quantitative estimate of drug-likeness (QED) is 0.772. The molecule has 2 unspecified atom stereocenters. The maximum atomic E-state index is 12.7. The molecule has 0 fully saturated rings. The van der Waals surface area contributed by atoms with E-state index in [2.05, 4.69) is 17.4 Å². The molecule has 0 amide bonds. The first-order chi connectivity index (χ1) is 11.9.